The van der Waals surface area contributed by atoms with Gasteiger partial charge in [-0.05, 0) is 17.2 Å². The molecule has 0 radical (unpaired) electrons. The van der Waals surface area contributed by atoms with Gasteiger partial charge in [0, 0.05) is 10.4 Å². The predicted molar refractivity (Wildman–Crippen MR) is 93.3 cm³/mol. The van der Waals surface area contributed by atoms with Crippen LogP contribution in [-0.4, -0.2) is 10.1 Å². The molecule has 2 aromatic carbocycles. The van der Waals surface area contributed by atoms with Crippen LogP contribution in [0.4, 0.5) is 4.39 Å². The van der Waals surface area contributed by atoms with Crippen molar-refractivity contribution in [2.45, 2.75) is 6.67 Å². The van der Waals surface area contributed by atoms with Gasteiger partial charge in [-0.25, -0.2) is 4.39 Å². The summed E-state index contributed by atoms with van der Waals surface area (Å²) in [5.74, 6) is 0.942. The molecule has 0 atom stereocenters. The van der Waals surface area contributed by atoms with E-state index >= 15 is 0 Å². The fourth-order valence-corrected chi connectivity index (χ4v) is 3.48. The monoisotopic (exact) mass is 336 g/mol. The van der Waals surface area contributed by atoms with Crippen molar-refractivity contribution < 1.29 is 8.91 Å². The normalized spacial score (nSPS) is 10.9. The topological polar surface area (TPSA) is 38.9 Å². The molecule has 0 bridgehead atoms. The lowest BCUT2D eigenvalue weighted by atomic mass is 10.1. The Kier molecular flexibility index (Phi) is 3.92. The second-order valence-electron chi connectivity index (χ2n) is 5.24. The van der Waals surface area contributed by atoms with E-state index in [0.29, 0.717) is 16.6 Å². The van der Waals surface area contributed by atoms with Crippen molar-refractivity contribution in [3.8, 4) is 33.3 Å². The fourth-order valence-electron chi connectivity index (χ4n) is 2.52. The highest BCUT2D eigenvalue weighted by Crippen LogP contribution is 2.37. The number of alkyl halides is 1. The molecule has 0 fully saturated rings. The Morgan fingerprint density at radius 1 is 0.917 bits per heavy atom. The van der Waals surface area contributed by atoms with Gasteiger partial charge in [-0.1, -0.05) is 65.8 Å². The van der Waals surface area contributed by atoms with Crippen LogP contribution in [0.1, 0.15) is 4.88 Å². The predicted octanol–water partition coefficient (Wildman–Crippen LogP) is 5.60. The first-order valence-corrected chi connectivity index (χ1v) is 8.30. The van der Waals surface area contributed by atoms with Crippen molar-refractivity contribution in [2.75, 3.05) is 0 Å². The highest BCUT2D eigenvalue weighted by Gasteiger charge is 2.17. The number of thiophene rings is 1. The lowest BCUT2D eigenvalue weighted by Crippen LogP contribution is -1.79. The molecule has 24 heavy (non-hydrogen) atoms. The molecular formula is C19H13FN2OS. The molecule has 4 aromatic rings. The third kappa shape index (κ3) is 2.74. The molecule has 5 heteroatoms. The quantitative estimate of drug-likeness (QED) is 0.487. The maximum atomic E-state index is 13.4. The van der Waals surface area contributed by atoms with Crippen LogP contribution in [0.5, 0.6) is 0 Å². The molecule has 0 aliphatic carbocycles. The second kappa shape index (κ2) is 6.37. The van der Waals surface area contributed by atoms with E-state index in [-0.39, 0.29) is 0 Å². The van der Waals surface area contributed by atoms with Crippen LogP contribution in [0.25, 0.3) is 33.3 Å². The van der Waals surface area contributed by atoms with E-state index in [1.54, 1.807) is 0 Å². The molecular weight excluding hydrogens is 323 g/mol. The summed E-state index contributed by atoms with van der Waals surface area (Å²) in [7, 11) is 0. The number of rotatable bonds is 4. The lowest BCUT2D eigenvalue weighted by Gasteiger charge is -1.99. The third-order valence-electron chi connectivity index (χ3n) is 3.68. The zero-order valence-electron chi connectivity index (χ0n) is 12.6. The Labute approximate surface area is 142 Å². The Balaban J connectivity index is 1.73. The van der Waals surface area contributed by atoms with E-state index in [2.05, 4.69) is 10.1 Å². The van der Waals surface area contributed by atoms with Gasteiger partial charge >= 0.3 is 0 Å². The van der Waals surface area contributed by atoms with Crippen molar-refractivity contribution in [1.29, 1.82) is 0 Å². The molecule has 0 aliphatic heterocycles. The molecule has 0 saturated carbocycles. The van der Waals surface area contributed by atoms with Crippen LogP contribution in [0.3, 0.4) is 0 Å². The van der Waals surface area contributed by atoms with Crippen molar-refractivity contribution >= 4 is 11.3 Å². The van der Waals surface area contributed by atoms with E-state index in [9.17, 15) is 4.39 Å². The molecule has 0 unspecified atom stereocenters. The summed E-state index contributed by atoms with van der Waals surface area (Å²) in [6.07, 6.45) is 0. The van der Waals surface area contributed by atoms with Gasteiger partial charge in [0.15, 0.2) is 0 Å². The molecule has 0 N–H and O–H groups in total. The number of halogens is 1. The van der Waals surface area contributed by atoms with E-state index in [4.69, 9.17) is 4.52 Å². The first-order valence-electron chi connectivity index (χ1n) is 7.49. The van der Waals surface area contributed by atoms with Gasteiger partial charge in [0.05, 0.1) is 4.88 Å². The number of benzene rings is 2. The smallest absolute Gasteiger partial charge is 0.268 e. The standard InChI is InChI=1S/C19H13FN2OS/c20-12-17-15(13-7-3-1-4-8-13)11-16(24-17)19-21-18(22-23-19)14-9-5-2-6-10-14/h1-11H,12H2. The van der Waals surface area contributed by atoms with Crippen LogP contribution in [0.2, 0.25) is 0 Å². The highest BCUT2D eigenvalue weighted by molar-refractivity contribution is 7.15. The Morgan fingerprint density at radius 3 is 2.25 bits per heavy atom. The first kappa shape index (κ1) is 14.8. The van der Waals surface area contributed by atoms with Gasteiger partial charge in [0.2, 0.25) is 5.82 Å². The summed E-state index contributed by atoms with van der Waals surface area (Å²) in [5.41, 5.74) is 2.74. The number of aromatic nitrogens is 2. The minimum Gasteiger partial charge on any atom is -0.333 e. The van der Waals surface area contributed by atoms with Crippen LogP contribution < -0.4 is 0 Å². The Hall–Kier alpha value is -2.79. The maximum Gasteiger partial charge on any atom is 0.268 e. The zero-order chi connectivity index (χ0) is 16.4. The van der Waals surface area contributed by atoms with Gasteiger partial charge in [-0.2, -0.15) is 4.98 Å². The third-order valence-corrected chi connectivity index (χ3v) is 4.77. The average molecular weight is 336 g/mol. The molecule has 3 nitrogen and oxygen atoms in total. The van der Waals surface area contributed by atoms with Crippen LogP contribution in [0, 0.1) is 0 Å². The molecule has 2 heterocycles. The van der Waals surface area contributed by atoms with Gasteiger partial charge in [0.25, 0.3) is 5.89 Å². The summed E-state index contributed by atoms with van der Waals surface area (Å²) < 4.78 is 18.8. The minimum atomic E-state index is -0.519. The molecule has 0 spiro atoms. The molecule has 4 rings (SSSR count). The van der Waals surface area contributed by atoms with E-state index < -0.39 is 6.67 Å². The van der Waals surface area contributed by atoms with Crippen molar-refractivity contribution in [2.24, 2.45) is 0 Å². The Bertz CT molecular complexity index is 948. The van der Waals surface area contributed by atoms with Gasteiger partial charge < -0.3 is 4.52 Å². The van der Waals surface area contributed by atoms with Crippen LogP contribution in [-0.2, 0) is 6.67 Å². The second-order valence-corrected chi connectivity index (χ2v) is 6.37. The summed E-state index contributed by atoms with van der Waals surface area (Å²) in [4.78, 5) is 5.88. The summed E-state index contributed by atoms with van der Waals surface area (Å²) in [6.45, 7) is -0.519. The van der Waals surface area contributed by atoms with Crippen LogP contribution in [0.15, 0.2) is 71.3 Å². The fraction of sp³-hybridized carbons (Fsp3) is 0.0526. The molecule has 118 valence electrons. The largest absolute Gasteiger partial charge is 0.333 e. The minimum absolute atomic E-state index is 0.413. The molecule has 0 saturated heterocycles. The number of hydrogen-bond donors (Lipinski definition) is 0. The Morgan fingerprint density at radius 2 is 1.58 bits per heavy atom. The summed E-state index contributed by atoms with van der Waals surface area (Å²) in [5, 5.41) is 4.03. The van der Waals surface area contributed by atoms with Gasteiger partial charge in [-0.3, -0.25) is 0 Å². The van der Waals surface area contributed by atoms with E-state index in [1.807, 2.05) is 66.7 Å². The molecule has 0 aliphatic rings. The van der Waals surface area contributed by atoms with Crippen LogP contribution >= 0.6 is 11.3 Å². The number of nitrogens with zero attached hydrogens (tertiary/aromatic N) is 2. The summed E-state index contributed by atoms with van der Waals surface area (Å²) in [6, 6.07) is 21.3. The van der Waals surface area contributed by atoms with Crippen molar-refractivity contribution in [3.63, 3.8) is 0 Å². The zero-order valence-corrected chi connectivity index (χ0v) is 13.5. The maximum absolute atomic E-state index is 13.4. The summed E-state index contributed by atoms with van der Waals surface area (Å²) >= 11 is 1.34. The van der Waals surface area contributed by atoms with Crippen molar-refractivity contribution in [3.05, 3.63) is 71.6 Å². The highest BCUT2D eigenvalue weighted by atomic mass is 32.1. The van der Waals surface area contributed by atoms with E-state index in [1.165, 1.54) is 11.3 Å². The average Bonchev–Trinajstić information content (AvgIpc) is 3.30. The van der Waals surface area contributed by atoms with Gasteiger partial charge in [-0.15, -0.1) is 11.3 Å². The van der Waals surface area contributed by atoms with Gasteiger partial charge in [0.1, 0.15) is 6.67 Å². The lowest BCUT2D eigenvalue weighted by molar-refractivity contribution is 0.433. The van der Waals surface area contributed by atoms with E-state index in [0.717, 1.165) is 21.6 Å². The van der Waals surface area contributed by atoms with Crippen molar-refractivity contribution in [1.82, 2.24) is 10.1 Å². The molecule has 2 aromatic heterocycles. The SMILES string of the molecule is FCc1sc(-c2nc(-c3ccccc3)no2)cc1-c1ccccc1. The molecule has 0 amide bonds. The number of hydrogen-bond acceptors (Lipinski definition) is 4. The first-order chi connectivity index (χ1) is 11.8.